The Morgan fingerprint density at radius 2 is 2.05 bits per heavy atom. The highest BCUT2D eigenvalue weighted by Gasteiger charge is 2.09. The zero-order valence-electron chi connectivity index (χ0n) is 12.9. The van der Waals surface area contributed by atoms with Crippen molar-refractivity contribution in [3.05, 3.63) is 65.8 Å². The summed E-state index contributed by atoms with van der Waals surface area (Å²) in [5, 5.41) is 8.63. The minimum Gasteiger partial charge on any atom is -0.478 e. The molecule has 22 heavy (non-hydrogen) atoms. The number of benzene rings is 1. The van der Waals surface area contributed by atoms with Crippen LogP contribution in [0.1, 0.15) is 36.8 Å². The molecule has 0 fully saturated rings. The fourth-order valence-electron chi connectivity index (χ4n) is 2.45. The number of imidazole rings is 1. The van der Waals surface area contributed by atoms with Crippen molar-refractivity contribution in [1.82, 2.24) is 9.55 Å². The molecule has 0 aliphatic heterocycles. The number of aryl methyl sites for hydroxylation is 2. The van der Waals surface area contributed by atoms with E-state index in [0.717, 1.165) is 37.3 Å². The number of allylic oxidation sites excluding steroid dienone is 1. The van der Waals surface area contributed by atoms with Gasteiger partial charge in [-0.1, -0.05) is 43.3 Å². The second-order valence-electron chi connectivity index (χ2n) is 5.27. The second kappa shape index (κ2) is 8.17. The van der Waals surface area contributed by atoms with Gasteiger partial charge in [0.15, 0.2) is 0 Å². The lowest BCUT2D eigenvalue weighted by Gasteiger charge is -2.11. The first-order valence-corrected chi connectivity index (χ1v) is 7.67. The maximum absolute atomic E-state index is 10.5. The first-order valence-electron chi connectivity index (χ1n) is 7.67. The second-order valence-corrected chi connectivity index (χ2v) is 5.27. The highest BCUT2D eigenvalue weighted by atomic mass is 16.4. The molecule has 0 saturated carbocycles. The summed E-state index contributed by atoms with van der Waals surface area (Å²) in [5.74, 6) is 0.202. The minimum atomic E-state index is -0.899. The van der Waals surface area contributed by atoms with Crippen LogP contribution in [0.3, 0.4) is 0 Å². The summed E-state index contributed by atoms with van der Waals surface area (Å²) in [6, 6.07) is 10.3. The van der Waals surface area contributed by atoms with Crippen molar-refractivity contribution >= 4 is 5.97 Å². The van der Waals surface area contributed by atoms with E-state index in [1.54, 1.807) is 6.08 Å². The van der Waals surface area contributed by atoms with Crippen LogP contribution in [-0.2, 0) is 24.2 Å². The Hall–Kier alpha value is -2.36. The molecule has 1 aromatic heterocycles. The van der Waals surface area contributed by atoms with Crippen molar-refractivity contribution in [3.63, 3.8) is 0 Å². The topological polar surface area (TPSA) is 55.1 Å². The van der Waals surface area contributed by atoms with Crippen molar-refractivity contribution < 1.29 is 9.90 Å². The Morgan fingerprint density at radius 1 is 1.27 bits per heavy atom. The van der Waals surface area contributed by atoms with Gasteiger partial charge in [-0.05, 0) is 24.8 Å². The molecule has 0 aliphatic rings. The van der Waals surface area contributed by atoms with Gasteiger partial charge in [-0.3, -0.25) is 0 Å². The lowest BCUT2D eigenvalue weighted by atomic mass is 10.2. The van der Waals surface area contributed by atoms with E-state index in [9.17, 15) is 4.79 Å². The van der Waals surface area contributed by atoms with E-state index in [0.29, 0.717) is 6.42 Å². The van der Waals surface area contributed by atoms with Gasteiger partial charge in [0.2, 0.25) is 0 Å². The molecule has 0 unspecified atom stereocenters. The van der Waals surface area contributed by atoms with Gasteiger partial charge in [0.1, 0.15) is 5.82 Å². The SMILES string of the molecule is CCCc1ncc(CCC=CC(=O)O)n1Cc1ccccc1. The van der Waals surface area contributed by atoms with Crippen LogP contribution in [0.5, 0.6) is 0 Å². The molecule has 0 aliphatic carbocycles. The molecule has 0 atom stereocenters. The van der Waals surface area contributed by atoms with Gasteiger partial charge in [-0.25, -0.2) is 9.78 Å². The van der Waals surface area contributed by atoms with Crippen molar-refractivity contribution in [2.24, 2.45) is 0 Å². The Labute approximate surface area is 131 Å². The van der Waals surface area contributed by atoms with E-state index >= 15 is 0 Å². The third-order valence-corrected chi connectivity index (χ3v) is 3.51. The number of rotatable bonds is 8. The van der Waals surface area contributed by atoms with E-state index in [1.165, 1.54) is 11.6 Å². The summed E-state index contributed by atoms with van der Waals surface area (Å²) >= 11 is 0. The summed E-state index contributed by atoms with van der Waals surface area (Å²) in [6.07, 6.45) is 8.34. The predicted molar refractivity (Wildman–Crippen MR) is 86.9 cm³/mol. The number of hydrogen-bond acceptors (Lipinski definition) is 2. The highest BCUT2D eigenvalue weighted by Crippen LogP contribution is 2.14. The van der Waals surface area contributed by atoms with Gasteiger partial charge < -0.3 is 9.67 Å². The van der Waals surface area contributed by atoms with Crippen molar-refractivity contribution in [1.29, 1.82) is 0 Å². The van der Waals surface area contributed by atoms with Gasteiger partial charge in [-0.15, -0.1) is 0 Å². The predicted octanol–water partition coefficient (Wildman–Crippen LogP) is 3.46. The van der Waals surface area contributed by atoms with Gasteiger partial charge in [0, 0.05) is 30.9 Å². The lowest BCUT2D eigenvalue weighted by molar-refractivity contribution is -0.131. The van der Waals surface area contributed by atoms with Crippen LogP contribution in [0.15, 0.2) is 48.7 Å². The first-order chi connectivity index (χ1) is 10.7. The molecule has 2 rings (SSSR count). The largest absolute Gasteiger partial charge is 0.478 e. The molecule has 2 aromatic rings. The Bertz CT molecular complexity index is 630. The molecule has 1 aromatic carbocycles. The third kappa shape index (κ3) is 4.58. The first kappa shape index (κ1) is 16.0. The van der Waals surface area contributed by atoms with Crippen LogP contribution in [0, 0.1) is 0 Å². The highest BCUT2D eigenvalue weighted by molar-refractivity contribution is 5.79. The quantitative estimate of drug-likeness (QED) is 0.759. The summed E-state index contributed by atoms with van der Waals surface area (Å²) < 4.78 is 2.26. The minimum absolute atomic E-state index is 0.707. The van der Waals surface area contributed by atoms with E-state index in [4.69, 9.17) is 5.11 Å². The fraction of sp³-hybridized carbons (Fsp3) is 0.333. The van der Waals surface area contributed by atoms with Crippen LogP contribution in [-0.4, -0.2) is 20.6 Å². The van der Waals surface area contributed by atoms with Gasteiger partial charge in [0.05, 0.1) is 0 Å². The molecule has 4 heteroatoms. The molecule has 0 bridgehead atoms. The molecule has 1 heterocycles. The van der Waals surface area contributed by atoms with E-state index in [-0.39, 0.29) is 0 Å². The average Bonchev–Trinajstić information content (AvgIpc) is 2.87. The Morgan fingerprint density at radius 3 is 2.73 bits per heavy atom. The standard InChI is InChI=1S/C18H22N2O2/c1-2-8-17-19-13-16(11-6-7-12-18(21)22)20(17)14-15-9-4-3-5-10-15/h3-5,7,9-10,12-13H,2,6,8,11,14H2,1H3,(H,21,22). The van der Waals surface area contributed by atoms with Crippen LogP contribution >= 0.6 is 0 Å². The summed E-state index contributed by atoms with van der Waals surface area (Å²) in [6.45, 7) is 2.96. The number of carboxylic acid groups (broad SMARTS) is 1. The summed E-state index contributed by atoms with van der Waals surface area (Å²) in [4.78, 5) is 15.0. The molecule has 116 valence electrons. The zero-order valence-corrected chi connectivity index (χ0v) is 12.9. The van der Waals surface area contributed by atoms with Gasteiger partial charge >= 0.3 is 5.97 Å². The monoisotopic (exact) mass is 298 g/mol. The maximum Gasteiger partial charge on any atom is 0.327 e. The van der Waals surface area contributed by atoms with Crippen molar-refractivity contribution in [3.8, 4) is 0 Å². The van der Waals surface area contributed by atoms with Crippen LogP contribution in [0.4, 0.5) is 0 Å². The fourth-order valence-corrected chi connectivity index (χ4v) is 2.45. The number of carboxylic acids is 1. The average molecular weight is 298 g/mol. The third-order valence-electron chi connectivity index (χ3n) is 3.51. The Kier molecular flexibility index (Phi) is 5.95. The molecular formula is C18H22N2O2. The molecule has 0 spiro atoms. The number of hydrogen-bond donors (Lipinski definition) is 1. The molecule has 1 N–H and O–H groups in total. The van der Waals surface area contributed by atoms with E-state index in [2.05, 4.69) is 28.6 Å². The van der Waals surface area contributed by atoms with Gasteiger partial charge in [-0.2, -0.15) is 0 Å². The number of aliphatic carboxylic acids is 1. The zero-order chi connectivity index (χ0) is 15.8. The summed E-state index contributed by atoms with van der Waals surface area (Å²) in [5.41, 5.74) is 2.41. The van der Waals surface area contributed by atoms with Gasteiger partial charge in [0.25, 0.3) is 0 Å². The number of nitrogens with zero attached hydrogens (tertiary/aromatic N) is 2. The van der Waals surface area contributed by atoms with Crippen LogP contribution in [0.2, 0.25) is 0 Å². The smallest absolute Gasteiger partial charge is 0.327 e. The number of carbonyl (C=O) groups is 1. The lowest BCUT2D eigenvalue weighted by Crippen LogP contribution is -2.08. The molecule has 0 saturated heterocycles. The molecule has 0 amide bonds. The normalized spacial score (nSPS) is 11.1. The van der Waals surface area contributed by atoms with Crippen molar-refractivity contribution in [2.45, 2.75) is 39.2 Å². The maximum atomic E-state index is 10.5. The van der Waals surface area contributed by atoms with E-state index in [1.807, 2.05) is 24.4 Å². The molecule has 4 nitrogen and oxygen atoms in total. The van der Waals surface area contributed by atoms with E-state index < -0.39 is 5.97 Å². The number of aromatic nitrogens is 2. The van der Waals surface area contributed by atoms with Crippen LogP contribution in [0.25, 0.3) is 0 Å². The Balaban J connectivity index is 2.13. The summed E-state index contributed by atoms with van der Waals surface area (Å²) in [7, 11) is 0. The van der Waals surface area contributed by atoms with Crippen LogP contribution < -0.4 is 0 Å². The molecule has 0 radical (unpaired) electrons. The molecular weight excluding hydrogens is 276 g/mol. The van der Waals surface area contributed by atoms with Crippen molar-refractivity contribution in [2.75, 3.05) is 0 Å².